The molecule has 1 aliphatic heterocycles. The lowest BCUT2D eigenvalue weighted by atomic mass is 9.98. The quantitative estimate of drug-likeness (QED) is 0.351. The summed E-state index contributed by atoms with van der Waals surface area (Å²) in [5, 5.41) is 36.3. The van der Waals surface area contributed by atoms with Crippen LogP contribution in [0.1, 0.15) is 0 Å². The summed E-state index contributed by atoms with van der Waals surface area (Å²) in [7, 11) is 0. The Balaban J connectivity index is 2.56. The lowest BCUT2D eigenvalue weighted by molar-refractivity contribution is -0.262. The van der Waals surface area contributed by atoms with Crippen LogP contribution in [0.25, 0.3) is 0 Å². The van der Waals surface area contributed by atoms with E-state index in [1.165, 1.54) is 6.08 Å². The summed E-state index contributed by atoms with van der Waals surface area (Å²) in [6.07, 6.45) is -2.21. The van der Waals surface area contributed by atoms with Crippen LogP contribution in [0.4, 0.5) is 0 Å². The molecule has 1 saturated heterocycles. The summed E-state index contributed by atoms with van der Waals surface area (Å²) in [6.45, 7) is -0.392. The zero-order valence-corrected chi connectivity index (χ0v) is 8.64. The summed E-state index contributed by atoms with van der Waals surface area (Å²) in [4.78, 5) is 0. The van der Waals surface area contributed by atoms with E-state index in [2.05, 4.69) is 0 Å². The molecule has 16 heavy (non-hydrogen) atoms. The van der Waals surface area contributed by atoms with Gasteiger partial charge in [-0.15, -0.1) is 0 Å². The van der Waals surface area contributed by atoms with Crippen molar-refractivity contribution in [3.63, 3.8) is 0 Å². The molecular weight excluding hydrogens is 218 g/mol. The number of hydrogen-bond donors (Lipinski definition) is 5. The van der Waals surface area contributed by atoms with Gasteiger partial charge < -0.3 is 35.6 Å². The Kier molecular flexibility index (Phi) is 5.13. The molecule has 0 radical (unpaired) electrons. The normalized spacial score (nSPS) is 40.4. The van der Waals surface area contributed by atoms with Crippen molar-refractivity contribution in [1.29, 1.82) is 0 Å². The summed E-state index contributed by atoms with van der Waals surface area (Å²) in [5.74, 6) is 0. The van der Waals surface area contributed by atoms with Gasteiger partial charge in [-0.3, -0.25) is 0 Å². The number of aliphatic hydroxyl groups excluding tert-OH is 4. The maximum atomic E-state index is 9.56. The molecule has 0 saturated carbocycles. The number of hydrogen-bond acceptors (Lipinski definition) is 7. The van der Waals surface area contributed by atoms with E-state index in [1.807, 2.05) is 0 Å². The van der Waals surface area contributed by atoms with Crippen LogP contribution in [0.15, 0.2) is 12.3 Å². The molecule has 0 spiro atoms. The molecule has 0 aromatic carbocycles. The van der Waals surface area contributed by atoms with Crippen LogP contribution in [0.3, 0.4) is 0 Å². The van der Waals surface area contributed by atoms with Crippen molar-refractivity contribution in [3.8, 4) is 0 Å². The van der Waals surface area contributed by atoms with Crippen molar-refractivity contribution in [3.05, 3.63) is 12.3 Å². The van der Waals surface area contributed by atoms with Gasteiger partial charge in [-0.1, -0.05) is 0 Å². The second-order valence-electron chi connectivity index (χ2n) is 3.50. The zero-order chi connectivity index (χ0) is 12.1. The van der Waals surface area contributed by atoms with Gasteiger partial charge in [0, 0.05) is 0 Å². The highest BCUT2D eigenvalue weighted by atomic mass is 16.7. The van der Waals surface area contributed by atoms with Gasteiger partial charge in [0.15, 0.2) is 6.29 Å². The molecule has 0 bridgehead atoms. The largest absolute Gasteiger partial charge is 0.516 e. The van der Waals surface area contributed by atoms with E-state index in [0.717, 1.165) is 6.26 Å². The number of aliphatic hydroxyl groups is 4. The summed E-state index contributed by atoms with van der Waals surface area (Å²) >= 11 is 0. The average molecular weight is 235 g/mol. The molecule has 7 nitrogen and oxygen atoms in total. The standard InChI is InChI=1S/C9H17NO6/c10-6-8(14)7(13)5(4-12)16-9(6)15-3-1-2-11/h1-2,5-9,11-14H,3-4,10H2/t5-,6-,7-,8-,9?/m1/s1. The van der Waals surface area contributed by atoms with Crippen molar-refractivity contribution in [1.82, 2.24) is 0 Å². The van der Waals surface area contributed by atoms with Gasteiger partial charge in [-0.25, -0.2) is 0 Å². The van der Waals surface area contributed by atoms with Gasteiger partial charge in [-0.2, -0.15) is 0 Å². The fourth-order valence-corrected chi connectivity index (χ4v) is 1.45. The highest BCUT2D eigenvalue weighted by molar-refractivity contribution is 4.91. The molecule has 1 rings (SSSR count). The zero-order valence-electron chi connectivity index (χ0n) is 8.64. The third-order valence-corrected chi connectivity index (χ3v) is 2.39. The Morgan fingerprint density at radius 2 is 2.00 bits per heavy atom. The van der Waals surface area contributed by atoms with Gasteiger partial charge >= 0.3 is 0 Å². The third kappa shape index (κ3) is 2.91. The molecule has 0 aromatic heterocycles. The molecule has 1 fully saturated rings. The molecule has 5 atom stereocenters. The first-order chi connectivity index (χ1) is 7.61. The summed E-state index contributed by atoms with van der Waals surface area (Å²) in [5.41, 5.74) is 5.58. The van der Waals surface area contributed by atoms with Crippen LogP contribution in [-0.2, 0) is 9.47 Å². The Morgan fingerprint density at radius 1 is 1.31 bits per heavy atom. The highest BCUT2D eigenvalue weighted by Gasteiger charge is 2.42. The first-order valence-corrected chi connectivity index (χ1v) is 4.90. The molecule has 94 valence electrons. The first kappa shape index (κ1) is 13.4. The van der Waals surface area contributed by atoms with Crippen LogP contribution in [0.2, 0.25) is 0 Å². The lowest BCUT2D eigenvalue weighted by Crippen LogP contribution is -2.62. The van der Waals surface area contributed by atoms with Crippen LogP contribution in [0, 0.1) is 0 Å². The molecule has 1 heterocycles. The van der Waals surface area contributed by atoms with Gasteiger partial charge in [0.25, 0.3) is 0 Å². The van der Waals surface area contributed by atoms with Gasteiger partial charge in [0.2, 0.25) is 0 Å². The molecular formula is C9H17NO6. The van der Waals surface area contributed by atoms with E-state index in [-0.39, 0.29) is 6.61 Å². The van der Waals surface area contributed by atoms with E-state index in [9.17, 15) is 10.2 Å². The molecule has 0 amide bonds. The van der Waals surface area contributed by atoms with E-state index in [0.29, 0.717) is 0 Å². The molecule has 0 aromatic rings. The number of ether oxygens (including phenoxy) is 2. The fraction of sp³-hybridized carbons (Fsp3) is 0.778. The lowest BCUT2D eigenvalue weighted by Gasteiger charge is -2.40. The highest BCUT2D eigenvalue weighted by Crippen LogP contribution is 2.20. The van der Waals surface area contributed by atoms with Crippen LogP contribution >= 0.6 is 0 Å². The minimum Gasteiger partial charge on any atom is -0.516 e. The van der Waals surface area contributed by atoms with Crippen molar-refractivity contribution < 1.29 is 29.9 Å². The Hall–Kier alpha value is -0.700. The minimum atomic E-state index is -1.24. The first-order valence-electron chi connectivity index (χ1n) is 4.90. The van der Waals surface area contributed by atoms with Gasteiger partial charge in [-0.05, 0) is 6.08 Å². The fourth-order valence-electron chi connectivity index (χ4n) is 1.45. The SMILES string of the molecule is N[C@H]1C(OCC=CO)O[C@H](CO)[C@@H](O)[C@@H]1O. The van der Waals surface area contributed by atoms with Crippen molar-refractivity contribution in [2.75, 3.05) is 13.2 Å². The van der Waals surface area contributed by atoms with Crippen LogP contribution in [0.5, 0.6) is 0 Å². The predicted molar refractivity (Wildman–Crippen MR) is 53.5 cm³/mol. The van der Waals surface area contributed by atoms with Crippen LogP contribution < -0.4 is 5.73 Å². The van der Waals surface area contributed by atoms with Gasteiger partial charge in [0.1, 0.15) is 18.3 Å². The summed E-state index contributed by atoms with van der Waals surface area (Å²) < 4.78 is 10.3. The molecule has 0 aliphatic carbocycles. The predicted octanol–water partition coefficient (Wildman–Crippen LogP) is -2.16. The maximum absolute atomic E-state index is 9.56. The monoisotopic (exact) mass is 235 g/mol. The van der Waals surface area contributed by atoms with Crippen molar-refractivity contribution in [2.45, 2.75) is 30.6 Å². The average Bonchev–Trinajstić information content (AvgIpc) is 2.29. The van der Waals surface area contributed by atoms with Crippen molar-refractivity contribution in [2.24, 2.45) is 5.73 Å². The number of rotatable bonds is 4. The van der Waals surface area contributed by atoms with Crippen LogP contribution in [-0.4, -0.2) is 64.3 Å². The second kappa shape index (κ2) is 6.14. The maximum Gasteiger partial charge on any atom is 0.176 e. The van der Waals surface area contributed by atoms with Gasteiger partial charge in [0.05, 0.1) is 25.5 Å². The minimum absolute atomic E-state index is 0.0514. The Bertz CT molecular complexity index is 234. The third-order valence-electron chi connectivity index (χ3n) is 2.39. The molecule has 1 unspecified atom stereocenters. The number of nitrogens with two attached hydrogens (primary N) is 1. The van der Waals surface area contributed by atoms with E-state index in [1.54, 1.807) is 0 Å². The molecule has 6 N–H and O–H groups in total. The van der Waals surface area contributed by atoms with Crippen molar-refractivity contribution >= 4 is 0 Å². The van der Waals surface area contributed by atoms with E-state index < -0.39 is 37.3 Å². The smallest absolute Gasteiger partial charge is 0.176 e. The molecule has 1 aliphatic rings. The second-order valence-corrected chi connectivity index (χ2v) is 3.50. The molecule has 7 heteroatoms. The Morgan fingerprint density at radius 3 is 2.56 bits per heavy atom. The topological polar surface area (TPSA) is 125 Å². The summed E-state index contributed by atoms with van der Waals surface area (Å²) in [6, 6.07) is -0.912. The van der Waals surface area contributed by atoms with E-state index in [4.69, 9.17) is 25.4 Å². The van der Waals surface area contributed by atoms with E-state index >= 15 is 0 Å². The Labute approximate surface area is 92.7 Å².